The van der Waals surface area contributed by atoms with Crippen molar-refractivity contribution in [2.24, 2.45) is 5.41 Å². The lowest BCUT2D eigenvalue weighted by molar-refractivity contribution is -0.148. The minimum absolute atomic E-state index is 0.184. The van der Waals surface area contributed by atoms with Crippen LogP contribution in [0.15, 0.2) is 22.7 Å². The molecule has 1 saturated heterocycles. The van der Waals surface area contributed by atoms with Crippen molar-refractivity contribution >= 4 is 27.8 Å². The number of carboxylic acid groups (broad SMARTS) is 1. The highest BCUT2D eigenvalue weighted by molar-refractivity contribution is 9.10. The summed E-state index contributed by atoms with van der Waals surface area (Å²) in [5.41, 5.74) is -0.365. The van der Waals surface area contributed by atoms with Crippen molar-refractivity contribution in [1.29, 1.82) is 0 Å². The molecule has 5 nitrogen and oxygen atoms in total. The Hall–Kier alpha value is -1.56. The molecule has 1 aliphatic rings. The molecule has 0 aliphatic carbocycles. The SMILES string of the molecule is CCC1(C(=O)O)CCN(C(=O)c2ccc(Br)cc2OC)C1. The van der Waals surface area contributed by atoms with Gasteiger partial charge in [0.15, 0.2) is 0 Å². The maximum atomic E-state index is 12.6. The maximum Gasteiger partial charge on any atom is 0.311 e. The van der Waals surface area contributed by atoms with E-state index in [2.05, 4.69) is 15.9 Å². The average molecular weight is 356 g/mol. The number of benzene rings is 1. The fourth-order valence-electron chi connectivity index (χ4n) is 2.67. The molecule has 1 aliphatic heterocycles. The summed E-state index contributed by atoms with van der Waals surface area (Å²) >= 11 is 3.34. The summed E-state index contributed by atoms with van der Waals surface area (Å²) in [6.07, 6.45) is 1.01. The van der Waals surface area contributed by atoms with Gasteiger partial charge in [0.05, 0.1) is 18.1 Å². The predicted molar refractivity (Wildman–Crippen MR) is 81.6 cm³/mol. The third-order valence-corrected chi connectivity index (χ3v) is 4.66. The molecule has 0 aromatic heterocycles. The topological polar surface area (TPSA) is 66.8 Å². The van der Waals surface area contributed by atoms with Gasteiger partial charge >= 0.3 is 5.97 Å². The number of carbonyl (C=O) groups is 2. The van der Waals surface area contributed by atoms with Crippen LogP contribution in [0.2, 0.25) is 0 Å². The molecule has 114 valence electrons. The first-order valence-electron chi connectivity index (χ1n) is 6.80. The molecule has 0 spiro atoms. The van der Waals surface area contributed by atoms with Crippen molar-refractivity contribution in [2.75, 3.05) is 20.2 Å². The van der Waals surface area contributed by atoms with Gasteiger partial charge in [-0.1, -0.05) is 22.9 Å². The van der Waals surface area contributed by atoms with E-state index in [4.69, 9.17) is 4.74 Å². The van der Waals surface area contributed by atoms with Crippen LogP contribution in [-0.4, -0.2) is 42.1 Å². The number of carbonyl (C=O) groups excluding carboxylic acids is 1. The summed E-state index contributed by atoms with van der Waals surface area (Å²) in [5.74, 6) is -0.530. The van der Waals surface area contributed by atoms with Crippen molar-refractivity contribution in [2.45, 2.75) is 19.8 Å². The Kier molecular flexibility index (Phi) is 4.56. The zero-order valence-electron chi connectivity index (χ0n) is 12.1. The van der Waals surface area contributed by atoms with Crippen LogP contribution in [0.25, 0.3) is 0 Å². The van der Waals surface area contributed by atoms with E-state index in [1.165, 1.54) is 7.11 Å². The zero-order chi connectivity index (χ0) is 15.6. The van der Waals surface area contributed by atoms with Crippen LogP contribution >= 0.6 is 15.9 Å². The molecule has 2 rings (SSSR count). The Morgan fingerprint density at radius 1 is 1.48 bits per heavy atom. The molecule has 21 heavy (non-hydrogen) atoms. The zero-order valence-corrected chi connectivity index (χ0v) is 13.6. The Bertz CT molecular complexity index is 575. The minimum Gasteiger partial charge on any atom is -0.496 e. The van der Waals surface area contributed by atoms with E-state index in [-0.39, 0.29) is 12.5 Å². The monoisotopic (exact) mass is 355 g/mol. The summed E-state index contributed by atoms with van der Waals surface area (Å²) in [4.78, 5) is 25.7. The average Bonchev–Trinajstić information content (AvgIpc) is 2.92. The van der Waals surface area contributed by atoms with Crippen LogP contribution in [0.1, 0.15) is 30.1 Å². The summed E-state index contributed by atoms with van der Waals surface area (Å²) < 4.78 is 6.06. The van der Waals surface area contributed by atoms with Crippen LogP contribution in [0, 0.1) is 5.41 Å². The molecular weight excluding hydrogens is 338 g/mol. The van der Waals surface area contributed by atoms with Gasteiger partial charge in [-0.2, -0.15) is 0 Å². The van der Waals surface area contributed by atoms with Gasteiger partial charge in [-0.05, 0) is 31.0 Å². The molecule has 0 saturated carbocycles. The number of hydrogen-bond donors (Lipinski definition) is 1. The first-order chi connectivity index (χ1) is 9.93. The molecular formula is C15H18BrNO4. The smallest absolute Gasteiger partial charge is 0.311 e. The third kappa shape index (κ3) is 2.90. The van der Waals surface area contributed by atoms with Crippen molar-refractivity contribution in [3.05, 3.63) is 28.2 Å². The first kappa shape index (κ1) is 15.8. The summed E-state index contributed by atoms with van der Waals surface area (Å²) in [6, 6.07) is 5.20. The van der Waals surface area contributed by atoms with Gasteiger partial charge < -0.3 is 14.7 Å². The van der Waals surface area contributed by atoms with Crippen LogP contribution in [-0.2, 0) is 4.79 Å². The van der Waals surface area contributed by atoms with E-state index < -0.39 is 11.4 Å². The van der Waals surface area contributed by atoms with E-state index in [9.17, 15) is 14.7 Å². The molecule has 1 fully saturated rings. The number of nitrogens with zero attached hydrogens (tertiary/aromatic N) is 1. The molecule has 0 bridgehead atoms. The summed E-state index contributed by atoms with van der Waals surface area (Å²) in [5, 5.41) is 9.40. The predicted octanol–water partition coefficient (Wildman–Crippen LogP) is 2.78. The molecule has 6 heteroatoms. The highest BCUT2D eigenvalue weighted by Crippen LogP contribution is 2.36. The number of ether oxygens (including phenoxy) is 1. The quantitative estimate of drug-likeness (QED) is 0.901. The van der Waals surface area contributed by atoms with Gasteiger partial charge in [-0.15, -0.1) is 0 Å². The Morgan fingerprint density at radius 3 is 2.71 bits per heavy atom. The number of rotatable bonds is 4. The van der Waals surface area contributed by atoms with Crippen LogP contribution in [0.3, 0.4) is 0 Å². The number of methoxy groups -OCH3 is 1. The summed E-state index contributed by atoms with van der Waals surface area (Å²) in [7, 11) is 1.51. The maximum absolute atomic E-state index is 12.6. The molecule has 0 radical (unpaired) electrons. The van der Waals surface area contributed by atoms with Crippen molar-refractivity contribution in [3.8, 4) is 5.75 Å². The lowest BCUT2D eigenvalue weighted by Gasteiger charge is -2.23. The molecule has 1 heterocycles. The number of hydrogen-bond acceptors (Lipinski definition) is 3. The van der Waals surface area contributed by atoms with Crippen molar-refractivity contribution < 1.29 is 19.4 Å². The molecule has 1 atom stereocenters. The van der Waals surface area contributed by atoms with E-state index in [1.54, 1.807) is 23.1 Å². The van der Waals surface area contributed by atoms with E-state index in [1.807, 2.05) is 6.92 Å². The Balaban J connectivity index is 2.25. The van der Waals surface area contributed by atoms with Gasteiger partial charge in [0.2, 0.25) is 0 Å². The van der Waals surface area contributed by atoms with Crippen molar-refractivity contribution in [3.63, 3.8) is 0 Å². The number of halogens is 1. The summed E-state index contributed by atoms with van der Waals surface area (Å²) in [6.45, 7) is 2.55. The Labute approximate surface area is 132 Å². The van der Waals surface area contributed by atoms with E-state index in [0.717, 1.165) is 4.47 Å². The highest BCUT2D eigenvalue weighted by atomic mass is 79.9. The van der Waals surface area contributed by atoms with Crippen LogP contribution in [0.4, 0.5) is 0 Å². The van der Waals surface area contributed by atoms with E-state index >= 15 is 0 Å². The van der Waals surface area contributed by atoms with Gasteiger partial charge in [-0.25, -0.2) is 0 Å². The van der Waals surface area contributed by atoms with Crippen LogP contribution < -0.4 is 4.74 Å². The lowest BCUT2D eigenvalue weighted by atomic mass is 9.84. The van der Waals surface area contributed by atoms with Crippen LogP contribution in [0.5, 0.6) is 5.75 Å². The Morgan fingerprint density at radius 2 is 2.19 bits per heavy atom. The minimum atomic E-state index is -0.830. The second kappa shape index (κ2) is 6.05. The van der Waals surface area contributed by atoms with Gasteiger partial charge in [0.25, 0.3) is 5.91 Å². The first-order valence-corrected chi connectivity index (χ1v) is 7.59. The number of amides is 1. The fraction of sp³-hybridized carbons (Fsp3) is 0.467. The third-order valence-electron chi connectivity index (χ3n) is 4.17. The van der Waals surface area contributed by atoms with Gasteiger partial charge in [0, 0.05) is 17.6 Å². The molecule has 1 unspecified atom stereocenters. The highest BCUT2D eigenvalue weighted by Gasteiger charge is 2.45. The second-order valence-electron chi connectivity index (χ2n) is 5.26. The lowest BCUT2D eigenvalue weighted by Crippen LogP contribution is -2.36. The standard InChI is InChI=1S/C15H18BrNO4/c1-3-15(14(19)20)6-7-17(9-15)13(18)11-5-4-10(16)8-12(11)21-2/h4-5,8H,3,6-7,9H2,1-2H3,(H,19,20). The molecule has 1 aromatic carbocycles. The molecule has 1 amide bonds. The molecule has 1 N–H and O–H groups in total. The van der Waals surface area contributed by atoms with Crippen molar-refractivity contribution in [1.82, 2.24) is 4.90 Å². The van der Waals surface area contributed by atoms with Gasteiger partial charge in [-0.3, -0.25) is 9.59 Å². The number of likely N-dealkylation sites (tertiary alicyclic amines) is 1. The normalized spacial score (nSPS) is 21.4. The second-order valence-corrected chi connectivity index (χ2v) is 6.18. The molecule has 1 aromatic rings. The fourth-order valence-corrected chi connectivity index (χ4v) is 3.01. The van der Waals surface area contributed by atoms with E-state index in [0.29, 0.717) is 30.7 Å². The largest absolute Gasteiger partial charge is 0.496 e. The number of carboxylic acids is 1. The van der Waals surface area contributed by atoms with Gasteiger partial charge in [0.1, 0.15) is 5.75 Å². The number of aliphatic carboxylic acids is 1.